The molecule has 0 spiro atoms. The molecule has 0 fully saturated rings. The van der Waals surface area contributed by atoms with Gasteiger partial charge in [0.05, 0.1) is 12.2 Å². The fraction of sp³-hybridized carbons (Fsp3) is 0.273. The average Bonchev–Trinajstić information content (AvgIpc) is 2.56. The van der Waals surface area contributed by atoms with E-state index in [1.807, 2.05) is 26.2 Å². The van der Waals surface area contributed by atoms with E-state index < -0.39 is 0 Å². The zero-order chi connectivity index (χ0) is 10.8. The van der Waals surface area contributed by atoms with Crippen LogP contribution in [-0.4, -0.2) is 21.4 Å². The third-order valence-corrected chi connectivity index (χ3v) is 2.01. The Kier molecular flexibility index (Phi) is 2.30. The van der Waals surface area contributed by atoms with E-state index in [2.05, 4.69) is 16.0 Å². The predicted molar refractivity (Wildman–Crippen MR) is 57.6 cm³/mol. The highest BCUT2D eigenvalue weighted by molar-refractivity contribution is 5.77. The Balaban J connectivity index is 2.64. The summed E-state index contributed by atoms with van der Waals surface area (Å²) in [4.78, 5) is 4.26. The number of aryl methyl sites for hydroxylation is 1. The second-order valence-electron chi connectivity index (χ2n) is 3.13. The van der Waals surface area contributed by atoms with Crippen molar-refractivity contribution in [1.29, 1.82) is 0 Å². The third-order valence-electron chi connectivity index (χ3n) is 2.01. The minimum absolute atomic E-state index is 0.478. The van der Waals surface area contributed by atoms with E-state index in [0.717, 1.165) is 5.39 Å². The zero-order valence-electron chi connectivity index (χ0n) is 8.69. The first kappa shape index (κ1) is 9.53. The first-order valence-corrected chi connectivity index (χ1v) is 4.68. The number of terminal acetylenes is 1. The van der Waals surface area contributed by atoms with Crippen LogP contribution in [0.25, 0.3) is 11.0 Å². The fourth-order valence-electron chi connectivity index (χ4n) is 1.41. The van der Waals surface area contributed by atoms with Crippen molar-refractivity contribution in [1.82, 2.24) is 14.8 Å². The van der Waals surface area contributed by atoms with Gasteiger partial charge in [-0.15, -0.1) is 6.42 Å². The Morgan fingerprint density at radius 3 is 3.07 bits per heavy atom. The molecular formula is C11H11N3O. The minimum Gasteiger partial charge on any atom is -0.477 e. The SMILES string of the molecule is C#Cc1cc2cn(C)nc2nc1OCC. The maximum Gasteiger partial charge on any atom is 0.231 e. The van der Waals surface area contributed by atoms with E-state index in [1.54, 1.807) is 4.68 Å². The van der Waals surface area contributed by atoms with Crippen LogP contribution in [0.15, 0.2) is 12.3 Å². The smallest absolute Gasteiger partial charge is 0.231 e. The van der Waals surface area contributed by atoms with Crippen LogP contribution >= 0.6 is 0 Å². The van der Waals surface area contributed by atoms with Crippen molar-refractivity contribution in [3.8, 4) is 18.2 Å². The van der Waals surface area contributed by atoms with E-state index in [4.69, 9.17) is 11.2 Å². The number of pyridine rings is 1. The van der Waals surface area contributed by atoms with Crippen LogP contribution in [0, 0.1) is 12.3 Å². The standard InChI is InChI=1S/C11H11N3O/c1-4-8-6-9-7-14(3)13-10(9)12-11(8)15-5-2/h1,6-7H,5H2,2-3H3. The molecule has 0 amide bonds. The van der Waals surface area contributed by atoms with E-state index in [1.165, 1.54) is 0 Å². The quantitative estimate of drug-likeness (QED) is 0.688. The van der Waals surface area contributed by atoms with Gasteiger partial charge < -0.3 is 4.74 Å². The molecule has 0 atom stereocenters. The van der Waals surface area contributed by atoms with Crippen molar-refractivity contribution in [3.05, 3.63) is 17.8 Å². The van der Waals surface area contributed by atoms with Crippen LogP contribution in [0.4, 0.5) is 0 Å². The Morgan fingerprint density at radius 1 is 1.60 bits per heavy atom. The summed E-state index contributed by atoms with van der Waals surface area (Å²) in [7, 11) is 1.84. The topological polar surface area (TPSA) is 39.9 Å². The van der Waals surface area contributed by atoms with Gasteiger partial charge in [0.15, 0.2) is 5.65 Å². The fourth-order valence-corrected chi connectivity index (χ4v) is 1.41. The zero-order valence-corrected chi connectivity index (χ0v) is 8.69. The molecule has 0 saturated carbocycles. The number of hydrogen-bond acceptors (Lipinski definition) is 3. The monoisotopic (exact) mass is 201 g/mol. The number of hydrogen-bond donors (Lipinski definition) is 0. The van der Waals surface area contributed by atoms with Crippen molar-refractivity contribution in [2.24, 2.45) is 7.05 Å². The molecule has 2 aromatic heterocycles. The normalized spacial score (nSPS) is 10.2. The molecule has 4 heteroatoms. The molecule has 0 aliphatic carbocycles. The molecule has 0 aliphatic rings. The van der Waals surface area contributed by atoms with Gasteiger partial charge >= 0.3 is 0 Å². The van der Waals surface area contributed by atoms with Crippen LogP contribution in [-0.2, 0) is 7.05 Å². The second-order valence-corrected chi connectivity index (χ2v) is 3.13. The summed E-state index contributed by atoms with van der Waals surface area (Å²) in [5.74, 6) is 3.04. The van der Waals surface area contributed by atoms with Crippen LogP contribution in [0.1, 0.15) is 12.5 Å². The van der Waals surface area contributed by atoms with Gasteiger partial charge in [0.25, 0.3) is 0 Å². The summed E-state index contributed by atoms with van der Waals surface area (Å²) < 4.78 is 7.04. The van der Waals surface area contributed by atoms with Gasteiger partial charge in [-0.3, -0.25) is 4.68 Å². The number of aromatic nitrogens is 3. The summed E-state index contributed by atoms with van der Waals surface area (Å²) in [6.45, 7) is 2.44. The molecule has 0 radical (unpaired) electrons. The lowest BCUT2D eigenvalue weighted by Gasteiger charge is -2.03. The molecule has 2 heterocycles. The molecule has 2 aromatic rings. The largest absolute Gasteiger partial charge is 0.477 e. The minimum atomic E-state index is 0.478. The van der Waals surface area contributed by atoms with Crippen molar-refractivity contribution in [2.75, 3.05) is 6.61 Å². The molecule has 76 valence electrons. The van der Waals surface area contributed by atoms with E-state index in [9.17, 15) is 0 Å². The molecule has 0 N–H and O–H groups in total. The highest BCUT2D eigenvalue weighted by Gasteiger charge is 2.08. The Hall–Kier alpha value is -2.02. The van der Waals surface area contributed by atoms with Gasteiger partial charge in [0.1, 0.15) is 0 Å². The van der Waals surface area contributed by atoms with Crippen molar-refractivity contribution < 1.29 is 4.74 Å². The van der Waals surface area contributed by atoms with Crippen molar-refractivity contribution >= 4 is 11.0 Å². The number of rotatable bonds is 2. The molecule has 15 heavy (non-hydrogen) atoms. The summed E-state index contributed by atoms with van der Waals surface area (Å²) >= 11 is 0. The maximum atomic E-state index is 5.38. The van der Waals surface area contributed by atoms with E-state index >= 15 is 0 Å². The third kappa shape index (κ3) is 1.64. The lowest BCUT2D eigenvalue weighted by atomic mass is 10.2. The molecular weight excluding hydrogens is 190 g/mol. The molecule has 0 bridgehead atoms. The van der Waals surface area contributed by atoms with Gasteiger partial charge in [-0.25, -0.2) is 0 Å². The highest BCUT2D eigenvalue weighted by Crippen LogP contribution is 2.20. The first-order valence-electron chi connectivity index (χ1n) is 4.68. The summed E-state index contributed by atoms with van der Waals surface area (Å²) in [6.07, 6.45) is 7.26. The lowest BCUT2D eigenvalue weighted by Crippen LogP contribution is -1.97. The lowest BCUT2D eigenvalue weighted by molar-refractivity contribution is 0.327. The maximum absolute atomic E-state index is 5.38. The Labute approximate surface area is 87.9 Å². The predicted octanol–water partition coefficient (Wildman–Crippen LogP) is 1.35. The molecule has 0 aliphatic heterocycles. The number of ether oxygens (including phenoxy) is 1. The van der Waals surface area contributed by atoms with Gasteiger partial charge in [0, 0.05) is 18.6 Å². The van der Waals surface area contributed by atoms with Gasteiger partial charge in [-0.05, 0) is 13.0 Å². The van der Waals surface area contributed by atoms with Gasteiger partial charge in [0.2, 0.25) is 5.88 Å². The first-order chi connectivity index (χ1) is 7.24. The number of nitrogens with zero attached hydrogens (tertiary/aromatic N) is 3. The van der Waals surface area contributed by atoms with Gasteiger partial charge in [-0.2, -0.15) is 10.1 Å². The van der Waals surface area contributed by atoms with E-state index in [-0.39, 0.29) is 0 Å². The molecule has 0 aromatic carbocycles. The van der Waals surface area contributed by atoms with E-state index in [0.29, 0.717) is 23.7 Å². The highest BCUT2D eigenvalue weighted by atomic mass is 16.5. The Bertz CT molecular complexity index is 536. The van der Waals surface area contributed by atoms with Crippen LogP contribution in [0.2, 0.25) is 0 Å². The molecule has 2 rings (SSSR count). The van der Waals surface area contributed by atoms with Gasteiger partial charge in [-0.1, -0.05) is 5.92 Å². The summed E-state index contributed by atoms with van der Waals surface area (Å²) in [5.41, 5.74) is 1.32. The Morgan fingerprint density at radius 2 is 2.40 bits per heavy atom. The molecule has 0 unspecified atom stereocenters. The summed E-state index contributed by atoms with van der Waals surface area (Å²) in [6, 6.07) is 1.86. The van der Waals surface area contributed by atoms with Crippen LogP contribution in [0.5, 0.6) is 5.88 Å². The molecule has 4 nitrogen and oxygen atoms in total. The van der Waals surface area contributed by atoms with Crippen LogP contribution in [0.3, 0.4) is 0 Å². The van der Waals surface area contributed by atoms with Crippen LogP contribution < -0.4 is 4.74 Å². The van der Waals surface area contributed by atoms with Crippen molar-refractivity contribution in [2.45, 2.75) is 6.92 Å². The molecule has 0 saturated heterocycles. The number of fused-ring (bicyclic) bond motifs is 1. The van der Waals surface area contributed by atoms with Crippen molar-refractivity contribution in [3.63, 3.8) is 0 Å². The summed E-state index contributed by atoms with van der Waals surface area (Å²) in [5, 5.41) is 5.11. The second kappa shape index (κ2) is 3.62. The average molecular weight is 201 g/mol.